The standard InChI is InChI=1S/C15H24N4O2/c1-20-11-14(12-2-3-12)16-10-13-4-5-15(18-17-13)19-6-8-21-9-7-19/h4-5,12,14,16H,2-3,6-11H2,1H3. The van der Waals surface area contributed by atoms with E-state index >= 15 is 0 Å². The van der Waals surface area contributed by atoms with Gasteiger partial charge in [-0.3, -0.25) is 0 Å². The van der Waals surface area contributed by atoms with E-state index < -0.39 is 0 Å². The molecule has 21 heavy (non-hydrogen) atoms. The topological polar surface area (TPSA) is 59.5 Å². The van der Waals surface area contributed by atoms with Crippen LogP contribution in [0.25, 0.3) is 0 Å². The fourth-order valence-corrected chi connectivity index (χ4v) is 2.68. The molecule has 1 aromatic heterocycles. The van der Waals surface area contributed by atoms with Gasteiger partial charge in [0.2, 0.25) is 0 Å². The maximum atomic E-state index is 5.35. The molecule has 6 heteroatoms. The average Bonchev–Trinajstić information content (AvgIpc) is 3.38. The van der Waals surface area contributed by atoms with Crippen LogP contribution in [0.2, 0.25) is 0 Å². The molecule has 1 saturated carbocycles. The highest BCUT2D eigenvalue weighted by atomic mass is 16.5. The Morgan fingerprint density at radius 2 is 2.14 bits per heavy atom. The molecular formula is C15H24N4O2. The lowest BCUT2D eigenvalue weighted by molar-refractivity contribution is 0.122. The zero-order valence-corrected chi connectivity index (χ0v) is 12.6. The second-order valence-corrected chi connectivity index (χ2v) is 5.76. The van der Waals surface area contributed by atoms with Crippen molar-refractivity contribution in [3.05, 3.63) is 17.8 Å². The maximum Gasteiger partial charge on any atom is 0.151 e. The first kappa shape index (κ1) is 14.7. The van der Waals surface area contributed by atoms with Gasteiger partial charge in [-0.15, -0.1) is 5.10 Å². The number of hydrogen-bond acceptors (Lipinski definition) is 6. The third-order valence-corrected chi connectivity index (χ3v) is 4.12. The number of rotatable bonds is 7. The van der Waals surface area contributed by atoms with E-state index in [9.17, 15) is 0 Å². The number of nitrogens with one attached hydrogen (secondary N) is 1. The SMILES string of the molecule is COCC(NCc1ccc(N2CCOCC2)nn1)C1CC1. The zero-order chi connectivity index (χ0) is 14.5. The van der Waals surface area contributed by atoms with E-state index in [2.05, 4.69) is 32.5 Å². The molecule has 1 aromatic rings. The first-order valence-corrected chi connectivity index (χ1v) is 7.74. The van der Waals surface area contributed by atoms with Crippen molar-refractivity contribution in [3.8, 4) is 0 Å². The van der Waals surface area contributed by atoms with Crippen molar-refractivity contribution >= 4 is 5.82 Å². The number of nitrogens with zero attached hydrogens (tertiary/aromatic N) is 3. The number of aromatic nitrogens is 2. The van der Waals surface area contributed by atoms with Crippen molar-refractivity contribution in [2.45, 2.75) is 25.4 Å². The zero-order valence-electron chi connectivity index (χ0n) is 12.6. The molecule has 0 bridgehead atoms. The molecule has 2 aliphatic rings. The van der Waals surface area contributed by atoms with E-state index in [0.717, 1.165) is 56.9 Å². The second kappa shape index (κ2) is 7.15. The van der Waals surface area contributed by atoms with Crippen molar-refractivity contribution in [1.29, 1.82) is 0 Å². The summed E-state index contributed by atoms with van der Waals surface area (Å²) in [5, 5.41) is 12.2. The molecule has 1 saturated heterocycles. The molecule has 1 atom stereocenters. The molecule has 0 spiro atoms. The van der Waals surface area contributed by atoms with Crippen molar-refractivity contribution in [2.75, 3.05) is 44.9 Å². The van der Waals surface area contributed by atoms with Crippen LogP contribution < -0.4 is 10.2 Å². The van der Waals surface area contributed by atoms with Crippen molar-refractivity contribution in [1.82, 2.24) is 15.5 Å². The van der Waals surface area contributed by atoms with Gasteiger partial charge in [-0.1, -0.05) is 0 Å². The predicted octanol–water partition coefficient (Wildman–Crippen LogP) is 0.828. The Balaban J connectivity index is 1.51. The van der Waals surface area contributed by atoms with Crippen LogP contribution in [0.15, 0.2) is 12.1 Å². The van der Waals surface area contributed by atoms with Crippen molar-refractivity contribution < 1.29 is 9.47 Å². The van der Waals surface area contributed by atoms with Crippen LogP contribution in [0.1, 0.15) is 18.5 Å². The Kier molecular flexibility index (Phi) is 5.00. The van der Waals surface area contributed by atoms with Crippen LogP contribution in [-0.2, 0) is 16.0 Å². The fourth-order valence-electron chi connectivity index (χ4n) is 2.68. The number of morpholine rings is 1. The Morgan fingerprint density at radius 1 is 1.33 bits per heavy atom. The normalized spacial score (nSPS) is 20.5. The number of methoxy groups -OCH3 is 1. The minimum absolute atomic E-state index is 0.440. The molecular weight excluding hydrogens is 268 g/mol. The predicted molar refractivity (Wildman–Crippen MR) is 80.3 cm³/mol. The van der Waals surface area contributed by atoms with E-state index in [-0.39, 0.29) is 0 Å². The van der Waals surface area contributed by atoms with Gasteiger partial charge in [-0.25, -0.2) is 0 Å². The van der Waals surface area contributed by atoms with Crippen molar-refractivity contribution in [3.63, 3.8) is 0 Å². The first-order chi connectivity index (χ1) is 10.4. The number of anilines is 1. The fraction of sp³-hybridized carbons (Fsp3) is 0.733. The minimum atomic E-state index is 0.440. The van der Waals surface area contributed by atoms with Crippen LogP contribution in [-0.4, -0.2) is 56.3 Å². The van der Waals surface area contributed by atoms with Gasteiger partial charge in [0.1, 0.15) is 0 Å². The van der Waals surface area contributed by atoms with Crippen LogP contribution in [0.3, 0.4) is 0 Å². The molecule has 0 amide bonds. The smallest absolute Gasteiger partial charge is 0.151 e. The summed E-state index contributed by atoms with van der Waals surface area (Å²) in [6.07, 6.45) is 2.62. The number of ether oxygens (including phenoxy) is 2. The van der Waals surface area contributed by atoms with E-state index in [1.807, 2.05) is 0 Å². The summed E-state index contributed by atoms with van der Waals surface area (Å²) in [4.78, 5) is 2.21. The minimum Gasteiger partial charge on any atom is -0.383 e. The second-order valence-electron chi connectivity index (χ2n) is 5.76. The van der Waals surface area contributed by atoms with Gasteiger partial charge in [0.15, 0.2) is 5.82 Å². The highest BCUT2D eigenvalue weighted by molar-refractivity contribution is 5.37. The summed E-state index contributed by atoms with van der Waals surface area (Å²) in [7, 11) is 1.76. The van der Waals surface area contributed by atoms with Gasteiger partial charge in [0, 0.05) is 32.8 Å². The Labute approximate surface area is 125 Å². The van der Waals surface area contributed by atoms with E-state index in [1.54, 1.807) is 7.11 Å². The molecule has 1 unspecified atom stereocenters. The molecule has 6 nitrogen and oxygen atoms in total. The monoisotopic (exact) mass is 292 g/mol. The third-order valence-electron chi connectivity index (χ3n) is 4.12. The van der Waals surface area contributed by atoms with Crippen LogP contribution >= 0.6 is 0 Å². The Bertz CT molecular complexity index is 430. The summed E-state index contributed by atoms with van der Waals surface area (Å²) in [5.74, 6) is 1.71. The first-order valence-electron chi connectivity index (χ1n) is 7.74. The quantitative estimate of drug-likeness (QED) is 0.803. The highest BCUT2D eigenvalue weighted by Gasteiger charge is 2.30. The average molecular weight is 292 g/mol. The lowest BCUT2D eigenvalue weighted by atomic mass is 10.2. The van der Waals surface area contributed by atoms with Crippen LogP contribution in [0.5, 0.6) is 0 Å². The van der Waals surface area contributed by atoms with Crippen LogP contribution in [0.4, 0.5) is 5.82 Å². The molecule has 3 rings (SSSR count). The molecule has 1 N–H and O–H groups in total. The van der Waals surface area contributed by atoms with E-state index in [4.69, 9.17) is 9.47 Å². The third kappa shape index (κ3) is 4.12. The summed E-state index contributed by atoms with van der Waals surface area (Å²) in [6, 6.07) is 4.55. The summed E-state index contributed by atoms with van der Waals surface area (Å²) >= 11 is 0. The summed E-state index contributed by atoms with van der Waals surface area (Å²) in [6.45, 7) is 4.84. The van der Waals surface area contributed by atoms with Crippen molar-refractivity contribution in [2.24, 2.45) is 5.92 Å². The van der Waals surface area contributed by atoms with Gasteiger partial charge < -0.3 is 19.7 Å². The van der Waals surface area contributed by atoms with Gasteiger partial charge in [0.05, 0.1) is 25.5 Å². The maximum absolute atomic E-state index is 5.35. The van der Waals surface area contributed by atoms with Gasteiger partial charge >= 0.3 is 0 Å². The molecule has 1 aliphatic heterocycles. The van der Waals surface area contributed by atoms with E-state index in [1.165, 1.54) is 12.8 Å². The number of hydrogen-bond donors (Lipinski definition) is 1. The molecule has 1 aliphatic carbocycles. The lowest BCUT2D eigenvalue weighted by Crippen LogP contribution is -2.37. The Hall–Kier alpha value is -1.24. The molecule has 2 heterocycles. The molecule has 2 fully saturated rings. The lowest BCUT2D eigenvalue weighted by Gasteiger charge is -2.27. The van der Waals surface area contributed by atoms with E-state index in [0.29, 0.717) is 6.04 Å². The summed E-state index contributed by atoms with van der Waals surface area (Å²) in [5.41, 5.74) is 0.980. The summed E-state index contributed by atoms with van der Waals surface area (Å²) < 4.78 is 10.6. The molecule has 0 aromatic carbocycles. The van der Waals surface area contributed by atoms with Gasteiger partial charge in [-0.05, 0) is 30.9 Å². The highest BCUT2D eigenvalue weighted by Crippen LogP contribution is 2.32. The molecule has 116 valence electrons. The Morgan fingerprint density at radius 3 is 2.76 bits per heavy atom. The van der Waals surface area contributed by atoms with Gasteiger partial charge in [-0.2, -0.15) is 5.10 Å². The van der Waals surface area contributed by atoms with Gasteiger partial charge in [0.25, 0.3) is 0 Å². The molecule has 0 radical (unpaired) electrons. The van der Waals surface area contributed by atoms with Crippen LogP contribution in [0, 0.1) is 5.92 Å². The largest absolute Gasteiger partial charge is 0.383 e.